The Labute approximate surface area is 117 Å². The first-order valence-electron chi connectivity index (χ1n) is 6.15. The molecule has 1 N–H and O–H groups in total. The van der Waals surface area contributed by atoms with Gasteiger partial charge in [0.15, 0.2) is 0 Å². The van der Waals surface area contributed by atoms with Crippen LogP contribution in [0.5, 0.6) is 0 Å². The molecule has 0 unspecified atom stereocenters. The van der Waals surface area contributed by atoms with Gasteiger partial charge in [-0.25, -0.2) is 0 Å². The standard InChI is InChI=1S/C14H17NO5/c1-19-13(17)8-7-12(16)15-9-14(18)20-10-11-5-3-2-4-6-11/h2-6H,7-10H2,1H3,(H,15,16). The molecule has 0 spiro atoms. The third-order valence-electron chi connectivity index (χ3n) is 2.46. The molecule has 6 heteroatoms. The maximum Gasteiger partial charge on any atom is 0.325 e. The van der Waals surface area contributed by atoms with Crippen molar-refractivity contribution >= 4 is 17.8 Å². The second-order valence-electron chi connectivity index (χ2n) is 4.00. The van der Waals surface area contributed by atoms with Gasteiger partial charge in [0.1, 0.15) is 13.2 Å². The van der Waals surface area contributed by atoms with E-state index in [2.05, 4.69) is 10.1 Å². The number of methoxy groups -OCH3 is 1. The van der Waals surface area contributed by atoms with Crippen molar-refractivity contribution < 1.29 is 23.9 Å². The molecule has 0 fully saturated rings. The van der Waals surface area contributed by atoms with Gasteiger partial charge in [0.05, 0.1) is 13.5 Å². The molecule has 1 aromatic carbocycles. The van der Waals surface area contributed by atoms with Crippen LogP contribution in [-0.2, 0) is 30.5 Å². The first-order valence-corrected chi connectivity index (χ1v) is 6.15. The second-order valence-corrected chi connectivity index (χ2v) is 4.00. The van der Waals surface area contributed by atoms with Gasteiger partial charge in [-0.1, -0.05) is 30.3 Å². The molecule has 1 aromatic rings. The maximum atomic E-state index is 11.4. The van der Waals surface area contributed by atoms with Crippen molar-refractivity contribution in [3.8, 4) is 0 Å². The van der Waals surface area contributed by atoms with E-state index >= 15 is 0 Å². The highest BCUT2D eigenvalue weighted by atomic mass is 16.5. The first kappa shape index (κ1) is 15.7. The van der Waals surface area contributed by atoms with E-state index < -0.39 is 17.8 Å². The maximum absolute atomic E-state index is 11.4. The Morgan fingerprint density at radius 1 is 1.05 bits per heavy atom. The summed E-state index contributed by atoms with van der Waals surface area (Å²) in [5, 5.41) is 2.38. The minimum Gasteiger partial charge on any atom is -0.469 e. The summed E-state index contributed by atoms with van der Waals surface area (Å²) < 4.78 is 9.38. The van der Waals surface area contributed by atoms with E-state index in [1.807, 2.05) is 30.3 Å². The molecule has 0 radical (unpaired) electrons. The Morgan fingerprint density at radius 2 is 1.75 bits per heavy atom. The van der Waals surface area contributed by atoms with E-state index in [1.54, 1.807) is 0 Å². The fourth-order valence-corrected chi connectivity index (χ4v) is 1.37. The molecule has 6 nitrogen and oxygen atoms in total. The van der Waals surface area contributed by atoms with Crippen molar-refractivity contribution in [3.63, 3.8) is 0 Å². The number of hydrogen-bond acceptors (Lipinski definition) is 5. The van der Waals surface area contributed by atoms with Crippen LogP contribution in [0.2, 0.25) is 0 Å². The highest BCUT2D eigenvalue weighted by Gasteiger charge is 2.09. The van der Waals surface area contributed by atoms with Crippen LogP contribution in [0.1, 0.15) is 18.4 Å². The predicted molar refractivity (Wildman–Crippen MR) is 70.5 cm³/mol. The molecule has 1 amide bonds. The quantitative estimate of drug-likeness (QED) is 0.747. The van der Waals surface area contributed by atoms with Gasteiger partial charge in [0.2, 0.25) is 5.91 Å². The van der Waals surface area contributed by atoms with E-state index in [-0.39, 0.29) is 26.0 Å². The van der Waals surface area contributed by atoms with Gasteiger partial charge in [0.25, 0.3) is 0 Å². The highest BCUT2D eigenvalue weighted by molar-refractivity contribution is 5.84. The summed E-state index contributed by atoms with van der Waals surface area (Å²) in [5.41, 5.74) is 0.873. The van der Waals surface area contributed by atoms with Crippen molar-refractivity contribution in [1.29, 1.82) is 0 Å². The van der Waals surface area contributed by atoms with Gasteiger partial charge in [0, 0.05) is 6.42 Å². The molecule has 0 saturated heterocycles. The number of benzene rings is 1. The number of hydrogen-bond donors (Lipinski definition) is 1. The third kappa shape index (κ3) is 6.53. The Balaban J connectivity index is 2.16. The van der Waals surface area contributed by atoms with Crippen LogP contribution in [0.4, 0.5) is 0 Å². The zero-order valence-corrected chi connectivity index (χ0v) is 11.3. The van der Waals surface area contributed by atoms with Crippen molar-refractivity contribution in [1.82, 2.24) is 5.32 Å². The van der Waals surface area contributed by atoms with E-state index in [0.29, 0.717) is 0 Å². The van der Waals surface area contributed by atoms with Gasteiger partial charge in [-0.3, -0.25) is 14.4 Å². The average Bonchev–Trinajstić information content (AvgIpc) is 2.49. The van der Waals surface area contributed by atoms with Crippen molar-refractivity contribution in [2.24, 2.45) is 0 Å². The van der Waals surface area contributed by atoms with Gasteiger partial charge >= 0.3 is 11.9 Å². The Bertz CT molecular complexity index is 458. The minimum atomic E-state index is -0.528. The second kappa shape index (κ2) is 8.68. The van der Waals surface area contributed by atoms with Crippen molar-refractivity contribution in [2.45, 2.75) is 19.4 Å². The zero-order chi connectivity index (χ0) is 14.8. The number of rotatable bonds is 7. The van der Waals surface area contributed by atoms with Crippen LogP contribution >= 0.6 is 0 Å². The highest BCUT2D eigenvalue weighted by Crippen LogP contribution is 2.00. The Hall–Kier alpha value is -2.37. The summed E-state index contributed by atoms with van der Waals surface area (Å²) in [6.07, 6.45) is -0.0277. The van der Waals surface area contributed by atoms with E-state index in [1.165, 1.54) is 7.11 Å². The summed E-state index contributed by atoms with van der Waals surface area (Å²) in [6, 6.07) is 9.23. The first-order chi connectivity index (χ1) is 9.61. The van der Waals surface area contributed by atoms with Crippen molar-refractivity contribution in [3.05, 3.63) is 35.9 Å². The Morgan fingerprint density at radius 3 is 2.40 bits per heavy atom. The molecule has 0 aliphatic heterocycles. The lowest BCUT2D eigenvalue weighted by atomic mass is 10.2. The average molecular weight is 279 g/mol. The Kier molecular flexibility index (Phi) is 6.81. The van der Waals surface area contributed by atoms with E-state index in [4.69, 9.17) is 4.74 Å². The number of carbonyl (C=O) groups excluding carboxylic acids is 3. The fraction of sp³-hybridized carbons (Fsp3) is 0.357. The molecule has 0 heterocycles. The van der Waals surface area contributed by atoms with Gasteiger partial charge in [-0.2, -0.15) is 0 Å². The number of amides is 1. The zero-order valence-electron chi connectivity index (χ0n) is 11.3. The number of nitrogens with one attached hydrogen (secondary N) is 1. The molecule has 108 valence electrons. The lowest BCUT2D eigenvalue weighted by Crippen LogP contribution is -2.30. The molecule has 0 aromatic heterocycles. The predicted octanol–water partition coefficient (Wildman–Crippen LogP) is 0.799. The summed E-state index contributed by atoms with van der Waals surface area (Å²) in [4.78, 5) is 33.5. The number of esters is 2. The number of ether oxygens (including phenoxy) is 2. The normalized spacial score (nSPS) is 9.65. The molecule has 0 aliphatic rings. The molecule has 0 saturated carbocycles. The molecule has 1 rings (SSSR count). The van der Waals surface area contributed by atoms with E-state index in [9.17, 15) is 14.4 Å². The molecule has 0 aliphatic carbocycles. The molecule has 0 atom stereocenters. The summed E-state index contributed by atoms with van der Waals surface area (Å²) in [7, 11) is 1.25. The SMILES string of the molecule is COC(=O)CCC(=O)NCC(=O)OCc1ccccc1. The van der Waals surface area contributed by atoms with Gasteiger partial charge in [-0.15, -0.1) is 0 Å². The number of carbonyl (C=O) groups is 3. The smallest absolute Gasteiger partial charge is 0.325 e. The molecular formula is C14H17NO5. The summed E-state index contributed by atoms with van der Waals surface area (Å²) >= 11 is 0. The molecular weight excluding hydrogens is 262 g/mol. The largest absolute Gasteiger partial charge is 0.469 e. The van der Waals surface area contributed by atoms with Crippen LogP contribution in [0.15, 0.2) is 30.3 Å². The van der Waals surface area contributed by atoms with Gasteiger partial charge in [-0.05, 0) is 5.56 Å². The fourth-order valence-electron chi connectivity index (χ4n) is 1.37. The van der Waals surface area contributed by atoms with Crippen LogP contribution in [0.25, 0.3) is 0 Å². The lowest BCUT2D eigenvalue weighted by Gasteiger charge is -2.06. The van der Waals surface area contributed by atoms with Crippen LogP contribution in [0, 0.1) is 0 Å². The van der Waals surface area contributed by atoms with Crippen LogP contribution in [-0.4, -0.2) is 31.5 Å². The third-order valence-corrected chi connectivity index (χ3v) is 2.46. The van der Waals surface area contributed by atoms with Crippen LogP contribution in [0.3, 0.4) is 0 Å². The molecule has 20 heavy (non-hydrogen) atoms. The van der Waals surface area contributed by atoms with Gasteiger partial charge < -0.3 is 14.8 Å². The van der Waals surface area contributed by atoms with Crippen molar-refractivity contribution in [2.75, 3.05) is 13.7 Å². The summed E-state index contributed by atoms with van der Waals surface area (Å²) in [5.74, 6) is -1.39. The van der Waals surface area contributed by atoms with E-state index in [0.717, 1.165) is 5.56 Å². The molecule has 0 bridgehead atoms. The summed E-state index contributed by atoms with van der Waals surface area (Å²) in [6.45, 7) is -0.0510. The lowest BCUT2D eigenvalue weighted by molar-refractivity contribution is -0.145. The minimum absolute atomic E-state index is 0.0125. The monoisotopic (exact) mass is 279 g/mol. The topological polar surface area (TPSA) is 81.7 Å². The van der Waals surface area contributed by atoms with Crippen LogP contribution < -0.4 is 5.32 Å².